The van der Waals surface area contributed by atoms with Crippen LogP contribution < -0.4 is 5.32 Å². The van der Waals surface area contributed by atoms with Crippen molar-refractivity contribution in [3.05, 3.63) is 18.2 Å². The number of nitrogens with zero attached hydrogens (tertiary/aromatic N) is 3. The second-order valence-electron chi connectivity index (χ2n) is 5.28. The van der Waals surface area contributed by atoms with E-state index in [2.05, 4.69) is 40.7 Å². The zero-order valence-electron chi connectivity index (χ0n) is 11.9. The summed E-state index contributed by atoms with van der Waals surface area (Å²) in [6.45, 7) is 8.85. The first kappa shape index (κ1) is 13.6. The topological polar surface area (TPSA) is 33.1 Å². The molecule has 0 aliphatic carbocycles. The first-order valence-corrected chi connectivity index (χ1v) is 7.18. The summed E-state index contributed by atoms with van der Waals surface area (Å²) in [6, 6.07) is 0.525. The molecule has 0 spiro atoms. The minimum absolute atomic E-state index is 0.525. The van der Waals surface area contributed by atoms with E-state index >= 15 is 0 Å². The Morgan fingerprint density at radius 2 is 2.28 bits per heavy atom. The molecule has 0 radical (unpaired) electrons. The van der Waals surface area contributed by atoms with Crippen LogP contribution in [-0.2, 0) is 6.54 Å². The van der Waals surface area contributed by atoms with Gasteiger partial charge in [-0.2, -0.15) is 0 Å². The molecule has 4 nitrogen and oxygen atoms in total. The average Bonchev–Trinajstić information content (AvgIpc) is 2.96. The van der Waals surface area contributed by atoms with Gasteiger partial charge in [0.15, 0.2) is 0 Å². The van der Waals surface area contributed by atoms with Crippen molar-refractivity contribution < 1.29 is 0 Å². The predicted molar refractivity (Wildman–Crippen MR) is 74.5 cm³/mol. The average molecular weight is 250 g/mol. The summed E-state index contributed by atoms with van der Waals surface area (Å²) in [5.74, 6) is 0.712. The zero-order valence-corrected chi connectivity index (χ0v) is 11.9. The maximum atomic E-state index is 4.32. The maximum absolute atomic E-state index is 4.32. The largest absolute Gasteiger partial charge is 0.333 e. The minimum Gasteiger partial charge on any atom is -0.333 e. The summed E-state index contributed by atoms with van der Waals surface area (Å²) in [5, 5.41) is 3.57. The Balaban J connectivity index is 2.07. The van der Waals surface area contributed by atoms with Crippen molar-refractivity contribution in [3.63, 3.8) is 0 Å². The highest BCUT2D eigenvalue weighted by molar-refractivity contribution is 5.10. The number of rotatable bonds is 6. The van der Waals surface area contributed by atoms with Gasteiger partial charge in [0, 0.05) is 12.7 Å². The van der Waals surface area contributed by atoms with E-state index in [4.69, 9.17) is 0 Å². The molecule has 1 saturated heterocycles. The molecule has 1 aromatic heterocycles. The van der Waals surface area contributed by atoms with E-state index in [1.165, 1.54) is 25.1 Å². The van der Waals surface area contributed by atoms with Gasteiger partial charge in [-0.3, -0.25) is 4.90 Å². The normalized spacial score (nSPS) is 24.8. The lowest BCUT2D eigenvalue weighted by molar-refractivity contribution is 0.260. The first-order valence-electron chi connectivity index (χ1n) is 7.18. The van der Waals surface area contributed by atoms with Crippen LogP contribution in [0.25, 0.3) is 0 Å². The molecule has 1 N–H and O–H groups in total. The molecule has 2 atom stereocenters. The predicted octanol–water partition coefficient (Wildman–Crippen LogP) is 1.90. The van der Waals surface area contributed by atoms with Gasteiger partial charge in [-0.05, 0) is 52.4 Å². The van der Waals surface area contributed by atoms with E-state index in [1.54, 1.807) is 0 Å². The molecular formula is C14H26N4. The highest BCUT2D eigenvalue weighted by Gasteiger charge is 2.34. The fourth-order valence-corrected chi connectivity index (χ4v) is 3.01. The van der Waals surface area contributed by atoms with E-state index < -0.39 is 0 Å². The molecule has 2 heterocycles. The number of aromatic nitrogens is 2. The lowest BCUT2D eigenvalue weighted by Gasteiger charge is -2.26. The van der Waals surface area contributed by atoms with E-state index in [9.17, 15) is 0 Å². The number of imidazole rings is 1. The molecule has 2 rings (SSSR count). The molecule has 1 aromatic rings. The SMILES string of the molecule is CCCNCC1CCN(C)C1c1cncn1CC. The highest BCUT2D eigenvalue weighted by atomic mass is 15.2. The molecule has 0 bridgehead atoms. The van der Waals surface area contributed by atoms with Gasteiger partial charge in [-0.25, -0.2) is 4.98 Å². The van der Waals surface area contributed by atoms with Gasteiger partial charge in [-0.15, -0.1) is 0 Å². The smallest absolute Gasteiger partial charge is 0.0948 e. The molecule has 4 heteroatoms. The van der Waals surface area contributed by atoms with Crippen LogP contribution in [0.4, 0.5) is 0 Å². The second kappa shape index (κ2) is 6.34. The summed E-state index contributed by atoms with van der Waals surface area (Å²) < 4.78 is 2.28. The quantitative estimate of drug-likeness (QED) is 0.783. The number of hydrogen-bond donors (Lipinski definition) is 1. The van der Waals surface area contributed by atoms with Gasteiger partial charge in [0.2, 0.25) is 0 Å². The van der Waals surface area contributed by atoms with Crippen molar-refractivity contribution in [2.24, 2.45) is 5.92 Å². The van der Waals surface area contributed by atoms with Crippen LogP contribution in [0.3, 0.4) is 0 Å². The lowest BCUT2D eigenvalue weighted by atomic mass is 9.97. The van der Waals surface area contributed by atoms with Gasteiger partial charge in [-0.1, -0.05) is 6.92 Å². The Labute approximate surface area is 110 Å². The van der Waals surface area contributed by atoms with Crippen LogP contribution >= 0.6 is 0 Å². The Bertz CT molecular complexity index is 360. The van der Waals surface area contributed by atoms with E-state index in [1.807, 2.05) is 12.5 Å². The van der Waals surface area contributed by atoms with Crippen LogP contribution in [0, 0.1) is 5.92 Å². The third kappa shape index (κ3) is 2.75. The van der Waals surface area contributed by atoms with Gasteiger partial charge in [0.1, 0.15) is 0 Å². The number of hydrogen-bond acceptors (Lipinski definition) is 3. The number of likely N-dealkylation sites (tertiary alicyclic amines) is 1. The van der Waals surface area contributed by atoms with Crippen LogP contribution in [0.2, 0.25) is 0 Å². The molecule has 1 fully saturated rings. The van der Waals surface area contributed by atoms with Crippen molar-refractivity contribution in [1.29, 1.82) is 0 Å². The fourth-order valence-electron chi connectivity index (χ4n) is 3.01. The lowest BCUT2D eigenvalue weighted by Crippen LogP contribution is -2.30. The van der Waals surface area contributed by atoms with Crippen LogP contribution in [0.5, 0.6) is 0 Å². The van der Waals surface area contributed by atoms with E-state index in [-0.39, 0.29) is 0 Å². The van der Waals surface area contributed by atoms with Crippen molar-refractivity contribution in [3.8, 4) is 0 Å². The van der Waals surface area contributed by atoms with E-state index in [0.717, 1.165) is 19.6 Å². The number of nitrogens with one attached hydrogen (secondary N) is 1. The molecule has 102 valence electrons. The fraction of sp³-hybridized carbons (Fsp3) is 0.786. The highest BCUT2D eigenvalue weighted by Crippen LogP contribution is 2.35. The summed E-state index contributed by atoms with van der Waals surface area (Å²) in [7, 11) is 2.23. The van der Waals surface area contributed by atoms with E-state index in [0.29, 0.717) is 12.0 Å². The van der Waals surface area contributed by atoms with Crippen molar-refractivity contribution >= 4 is 0 Å². The Morgan fingerprint density at radius 3 is 3.00 bits per heavy atom. The van der Waals surface area contributed by atoms with Crippen LogP contribution in [0.15, 0.2) is 12.5 Å². The Kier molecular flexibility index (Phi) is 4.78. The first-order chi connectivity index (χ1) is 8.77. The third-order valence-electron chi connectivity index (χ3n) is 4.00. The van der Waals surface area contributed by atoms with Crippen molar-refractivity contribution in [1.82, 2.24) is 19.8 Å². The van der Waals surface area contributed by atoms with Crippen LogP contribution in [-0.4, -0.2) is 41.1 Å². The Hall–Kier alpha value is -0.870. The maximum Gasteiger partial charge on any atom is 0.0948 e. The van der Waals surface area contributed by atoms with Gasteiger partial charge >= 0.3 is 0 Å². The summed E-state index contributed by atoms with van der Waals surface area (Å²) in [4.78, 5) is 6.79. The second-order valence-corrected chi connectivity index (χ2v) is 5.28. The molecule has 0 saturated carbocycles. The molecule has 0 aromatic carbocycles. The van der Waals surface area contributed by atoms with Crippen molar-refractivity contribution in [2.45, 2.75) is 39.3 Å². The molecular weight excluding hydrogens is 224 g/mol. The molecule has 1 aliphatic heterocycles. The van der Waals surface area contributed by atoms with Crippen molar-refractivity contribution in [2.75, 3.05) is 26.7 Å². The molecule has 0 amide bonds. The summed E-state index contributed by atoms with van der Waals surface area (Å²) in [6.07, 6.45) is 6.49. The summed E-state index contributed by atoms with van der Waals surface area (Å²) >= 11 is 0. The third-order valence-corrected chi connectivity index (χ3v) is 4.00. The minimum atomic E-state index is 0.525. The van der Waals surface area contributed by atoms with Crippen LogP contribution in [0.1, 0.15) is 38.4 Å². The Morgan fingerprint density at radius 1 is 1.44 bits per heavy atom. The monoisotopic (exact) mass is 250 g/mol. The number of aryl methyl sites for hydroxylation is 1. The van der Waals surface area contributed by atoms with Gasteiger partial charge in [0.05, 0.1) is 18.1 Å². The zero-order chi connectivity index (χ0) is 13.0. The van der Waals surface area contributed by atoms with Gasteiger partial charge in [0.25, 0.3) is 0 Å². The summed E-state index contributed by atoms with van der Waals surface area (Å²) in [5.41, 5.74) is 1.38. The molecule has 2 unspecified atom stereocenters. The van der Waals surface area contributed by atoms with Gasteiger partial charge < -0.3 is 9.88 Å². The molecule has 1 aliphatic rings. The standard InChI is InChI=1S/C14H26N4/c1-4-7-15-9-12-6-8-17(3)14(12)13-10-16-11-18(13)5-2/h10-12,14-15H,4-9H2,1-3H3. The molecule has 18 heavy (non-hydrogen) atoms.